The number of hydrogen-bond acceptors (Lipinski definition) is 5. The van der Waals surface area contributed by atoms with E-state index in [2.05, 4.69) is 15.7 Å². The van der Waals surface area contributed by atoms with Gasteiger partial charge in [-0.2, -0.15) is 9.49 Å². The summed E-state index contributed by atoms with van der Waals surface area (Å²) in [5, 5.41) is 21.2. The van der Waals surface area contributed by atoms with E-state index < -0.39 is 28.2 Å². The second-order valence-electron chi connectivity index (χ2n) is 7.24. The van der Waals surface area contributed by atoms with Crippen molar-refractivity contribution in [2.45, 2.75) is 18.8 Å². The van der Waals surface area contributed by atoms with E-state index in [9.17, 15) is 23.7 Å². The van der Waals surface area contributed by atoms with Crippen molar-refractivity contribution in [2.75, 3.05) is 18.4 Å². The molecule has 1 aromatic heterocycles. The van der Waals surface area contributed by atoms with Crippen molar-refractivity contribution in [3.63, 3.8) is 0 Å². The van der Waals surface area contributed by atoms with Crippen LogP contribution in [0.4, 0.5) is 20.2 Å². The fourth-order valence-corrected chi connectivity index (χ4v) is 3.76. The molecule has 2 aromatic carbocycles. The summed E-state index contributed by atoms with van der Waals surface area (Å²) >= 11 is 0. The minimum absolute atomic E-state index is 0. The number of piperidine rings is 1. The third-order valence-electron chi connectivity index (χ3n) is 5.23. The van der Waals surface area contributed by atoms with Crippen LogP contribution in [-0.2, 0) is 0 Å². The molecule has 8 nitrogen and oxygen atoms in total. The SMILES string of the molecule is Cl.O=C(Nc1ccc(F)c([N+](=O)[O-])c1)c1cnn(-c2cccc(F)c2)c1C1CCNCC1. The number of amides is 1. The van der Waals surface area contributed by atoms with Crippen LogP contribution in [0.15, 0.2) is 48.7 Å². The van der Waals surface area contributed by atoms with Gasteiger partial charge in [-0.05, 0) is 56.3 Å². The Morgan fingerprint density at radius 2 is 1.94 bits per heavy atom. The summed E-state index contributed by atoms with van der Waals surface area (Å²) in [6, 6.07) is 9.07. The molecule has 0 aliphatic carbocycles. The van der Waals surface area contributed by atoms with Gasteiger partial charge in [0.2, 0.25) is 5.82 Å². The Morgan fingerprint density at radius 1 is 1.19 bits per heavy atom. The lowest BCUT2D eigenvalue weighted by Crippen LogP contribution is -2.29. The second-order valence-corrected chi connectivity index (χ2v) is 7.24. The number of nitrogens with one attached hydrogen (secondary N) is 2. The van der Waals surface area contributed by atoms with Crippen LogP contribution in [0.1, 0.15) is 34.8 Å². The number of halogens is 3. The van der Waals surface area contributed by atoms with Gasteiger partial charge < -0.3 is 10.6 Å². The van der Waals surface area contributed by atoms with Gasteiger partial charge >= 0.3 is 5.69 Å². The molecule has 0 bridgehead atoms. The fraction of sp³-hybridized carbons (Fsp3) is 0.238. The van der Waals surface area contributed by atoms with Crippen molar-refractivity contribution in [1.29, 1.82) is 0 Å². The molecule has 0 unspecified atom stereocenters. The Labute approximate surface area is 188 Å². The van der Waals surface area contributed by atoms with E-state index in [1.54, 1.807) is 16.8 Å². The summed E-state index contributed by atoms with van der Waals surface area (Å²) in [6.07, 6.45) is 2.93. The van der Waals surface area contributed by atoms with E-state index >= 15 is 0 Å². The third kappa shape index (κ3) is 4.76. The van der Waals surface area contributed by atoms with Crippen molar-refractivity contribution in [2.24, 2.45) is 0 Å². The van der Waals surface area contributed by atoms with Gasteiger partial charge in [-0.1, -0.05) is 6.07 Å². The maximum Gasteiger partial charge on any atom is 0.306 e. The van der Waals surface area contributed by atoms with E-state index in [0.29, 0.717) is 11.4 Å². The summed E-state index contributed by atoms with van der Waals surface area (Å²) in [5.74, 6) is -1.93. The maximum absolute atomic E-state index is 13.8. The van der Waals surface area contributed by atoms with Crippen molar-refractivity contribution in [3.05, 3.63) is 81.7 Å². The van der Waals surface area contributed by atoms with Gasteiger partial charge in [0.05, 0.1) is 28.1 Å². The Morgan fingerprint density at radius 3 is 2.62 bits per heavy atom. The smallest absolute Gasteiger partial charge is 0.306 e. The predicted octanol–water partition coefficient (Wildman–Crippen LogP) is 4.20. The van der Waals surface area contributed by atoms with Crippen LogP contribution >= 0.6 is 12.4 Å². The molecule has 2 heterocycles. The summed E-state index contributed by atoms with van der Waals surface area (Å²) in [4.78, 5) is 23.2. The van der Waals surface area contributed by atoms with Crippen molar-refractivity contribution in [3.8, 4) is 5.69 Å². The molecule has 0 radical (unpaired) electrons. The van der Waals surface area contributed by atoms with Gasteiger partial charge in [0, 0.05) is 17.7 Å². The summed E-state index contributed by atoms with van der Waals surface area (Å²) in [5.41, 5.74) is 0.772. The van der Waals surface area contributed by atoms with Crippen molar-refractivity contribution in [1.82, 2.24) is 15.1 Å². The fourth-order valence-electron chi connectivity index (χ4n) is 3.76. The van der Waals surface area contributed by atoms with Crippen LogP contribution in [0.25, 0.3) is 5.69 Å². The molecule has 2 N–H and O–H groups in total. The van der Waals surface area contributed by atoms with Crippen LogP contribution in [0.2, 0.25) is 0 Å². The maximum atomic E-state index is 13.8. The number of carbonyl (C=O) groups excluding carboxylic acids is 1. The number of nitrogens with zero attached hydrogens (tertiary/aromatic N) is 3. The molecule has 3 aromatic rings. The number of aromatic nitrogens is 2. The molecule has 0 saturated carbocycles. The minimum atomic E-state index is -0.989. The zero-order valence-corrected chi connectivity index (χ0v) is 17.6. The molecule has 1 amide bonds. The van der Waals surface area contributed by atoms with Gasteiger partial charge in [-0.15, -0.1) is 12.4 Å². The zero-order chi connectivity index (χ0) is 22.0. The summed E-state index contributed by atoms with van der Waals surface area (Å²) in [6.45, 7) is 1.54. The Hall–Kier alpha value is -3.37. The molecule has 11 heteroatoms. The predicted molar refractivity (Wildman–Crippen MR) is 117 cm³/mol. The number of nitro benzene ring substituents is 1. The average molecular weight is 464 g/mol. The van der Waals surface area contributed by atoms with Crippen LogP contribution in [0.3, 0.4) is 0 Å². The molecule has 4 rings (SSSR count). The lowest BCUT2D eigenvalue weighted by atomic mass is 9.91. The van der Waals surface area contributed by atoms with Gasteiger partial charge in [0.15, 0.2) is 0 Å². The third-order valence-corrected chi connectivity index (χ3v) is 5.23. The van der Waals surface area contributed by atoms with Crippen molar-refractivity contribution < 1.29 is 18.5 Å². The molecule has 32 heavy (non-hydrogen) atoms. The van der Waals surface area contributed by atoms with Crippen LogP contribution in [-0.4, -0.2) is 33.7 Å². The summed E-state index contributed by atoms with van der Waals surface area (Å²) in [7, 11) is 0. The highest BCUT2D eigenvalue weighted by Gasteiger charge is 2.27. The molecule has 0 spiro atoms. The second kappa shape index (κ2) is 9.84. The lowest BCUT2D eigenvalue weighted by Gasteiger charge is -2.24. The number of hydrogen-bond donors (Lipinski definition) is 2. The number of nitro groups is 1. The van der Waals surface area contributed by atoms with E-state index in [0.717, 1.165) is 38.1 Å². The minimum Gasteiger partial charge on any atom is -0.322 e. The molecular weight excluding hydrogens is 444 g/mol. The first-order valence-corrected chi connectivity index (χ1v) is 9.74. The van der Waals surface area contributed by atoms with Crippen molar-refractivity contribution >= 4 is 29.7 Å². The largest absolute Gasteiger partial charge is 0.322 e. The first-order chi connectivity index (χ1) is 14.9. The molecule has 0 atom stereocenters. The average Bonchev–Trinajstić information content (AvgIpc) is 3.21. The topological polar surface area (TPSA) is 102 Å². The highest BCUT2D eigenvalue weighted by atomic mass is 35.5. The monoisotopic (exact) mass is 463 g/mol. The highest BCUT2D eigenvalue weighted by molar-refractivity contribution is 6.05. The number of benzene rings is 2. The molecule has 1 saturated heterocycles. The van der Waals surface area contributed by atoms with Gasteiger partial charge in [-0.3, -0.25) is 14.9 Å². The van der Waals surface area contributed by atoms with Gasteiger partial charge in [0.1, 0.15) is 5.82 Å². The van der Waals surface area contributed by atoms with Gasteiger partial charge in [0.25, 0.3) is 5.91 Å². The van der Waals surface area contributed by atoms with E-state index in [1.165, 1.54) is 24.4 Å². The number of anilines is 1. The Balaban J connectivity index is 0.00000289. The van der Waals surface area contributed by atoms with E-state index in [4.69, 9.17) is 0 Å². The first kappa shape index (κ1) is 23.3. The Kier molecular flexibility index (Phi) is 7.16. The quantitative estimate of drug-likeness (QED) is 0.436. The van der Waals surface area contributed by atoms with Gasteiger partial charge in [-0.25, -0.2) is 9.07 Å². The zero-order valence-electron chi connectivity index (χ0n) is 16.8. The standard InChI is InChI=1S/C21H19F2N5O3.ClH/c22-14-2-1-3-16(10-14)27-20(13-6-8-24-9-7-13)17(12-25-27)21(29)26-15-4-5-18(23)19(11-15)28(30)31;/h1-5,10-13,24H,6-9H2,(H,26,29);1H. The normalized spacial score (nSPS) is 13.9. The molecule has 1 fully saturated rings. The molecule has 1 aliphatic heterocycles. The molecular formula is C21H20ClF2N5O3. The Bertz CT molecular complexity index is 1150. The number of rotatable bonds is 5. The highest BCUT2D eigenvalue weighted by Crippen LogP contribution is 2.31. The number of carbonyl (C=O) groups is 1. The molecule has 1 aliphatic rings. The lowest BCUT2D eigenvalue weighted by molar-refractivity contribution is -0.387. The van der Waals surface area contributed by atoms with Crippen LogP contribution in [0.5, 0.6) is 0 Å². The summed E-state index contributed by atoms with van der Waals surface area (Å²) < 4.78 is 29.0. The first-order valence-electron chi connectivity index (χ1n) is 9.74. The molecule has 168 valence electrons. The van der Waals surface area contributed by atoms with E-state index in [-0.39, 0.29) is 29.6 Å². The van der Waals surface area contributed by atoms with Crippen LogP contribution < -0.4 is 10.6 Å². The van der Waals surface area contributed by atoms with E-state index in [1.807, 2.05) is 0 Å². The van der Waals surface area contributed by atoms with Crippen LogP contribution in [0, 0.1) is 21.7 Å².